The zero-order chi connectivity index (χ0) is 22.5. The first-order valence-corrected chi connectivity index (χ1v) is 11.3. The van der Waals surface area contributed by atoms with Gasteiger partial charge in [-0.15, -0.1) is 21.0 Å². The van der Waals surface area contributed by atoms with Gasteiger partial charge in [0.2, 0.25) is 0 Å². The van der Waals surface area contributed by atoms with Crippen molar-refractivity contribution in [2.45, 2.75) is 0 Å². The molecular weight excluding hydrogens is 627 g/mol. The van der Waals surface area contributed by atoms with Crippen LogP contribution in [0.3, 0.4) is 0 Å². The van der Waals surface area contributed by atoms with Gasteiger partial charge in [0.15, 0.2) is 0 Å². The van der Waals surface area contributed by atoms with Crippen molar-refractivity contribution in [1.29, 1.82) is 0 Å². The molecule has 0 spiro atoms. The summed E-state index contributed by atoms with van der Waals surface area (Å²) in [4.78, 5) is 69.7. The first kappa shape index (κ1) is 42.2. The van der Waals surface area contributed by atoms with E-state index < -0.39 is 39.5 Å². The quantitative estimate of drug-likeness (QED) is 0.0940. The molecule has 0 aliphatic rings. The van der Waals surface area contributed by atoms with Crippen molar-refractivity contribution in [2.24, 2.45) is 0 Å². The monoisotopic (exact) mass is 638 g/mol. The number of hydrogen-bond acceptors (Lipinski definition) is 5. The smallest absolute Gasteiger partial charge is 0.299 e. The fourth-order valence-corrected chi connectivity index (χ4v) is 0. The van der Waals surface area contributed by atoms with Gasteiger partial charge >= 0.3 is 39.5 Å². The molecule has 26 heavy (non-hydrogen) atoms. The van der Waals surface area contributed by atoms with Gasteiger partial charge in [0.1, 0.15) is 0 Å². The third kappa shape index (κ3) is 4170. The van der Waals surface area contributed by atoms with Gasteiger partial charge < -0.3 is 0 Å². The normalized spacial score (nSPS) is 11.3. The predicted octanol–water partition coefficient (Wildman–Crippen LogP) is -0.138. The Hall–Kier alpha value is 1.97. The second kappa shape index (κ2) is 17.8. The summed E-state index contributed by atoms with van der Waals surface area (Å²) in [6.45, 7) is 0. The molecule has 0 aromatic rings. The summed E-state index contributed by atoms with van der Waals surface area (Å²) in [5.41, 5.74) is 0. The topological polar surface area (TPSA) is 288 Å². The third-order valence-corrected chi connectivity index (χ3v) is 0. The standard InChI is InChI=1S/Ba.5FH2O3P/c;5*1-5(2,3)4/h;5*(H2,2,3,4). The molecule has 26 heteroatoms. The van der Waals surface area contributed by atoms with Crippen LogP contribution >= 0.6 is 39.5 Å². The van der Waals surface area contributed by atoms with Gasteiger partial charge in [0.25, 0.3) is 0 Å². The second-order valence-corrected chi connectivity index (χ2v) is 7.09. The molecule has 0 atom stereocenters. The molecule has 15 nitrogen and oxygen atoms in total. The SMILES string of the molecule is O=P(O)(O)F.O=P(O)(O)F.O=P(O)(O)F.O=P(O)(O)F.O=P(O)(O)F.[Ba]. The molecule has 10 N–H and O–H groups in total. The van der Waals surface area contributed by atoms with E-state index in [2.05, 4.69) is 0 Å². The number of rotatable bonds is 0. The van der Waals surface area contributed by atoms with Crippen LogP contribution in [-0.4, -0.2) is 97.8 Å². The van der Waals surface area contributed by atoms with Crippen molar-refractivity contribution >= 4 is 88.4 Å². The number of halogens is 5. The summed E-state index contributed by atoms with van der Waals surface area (Å²) >= 11 is 0. The van der Waals surface area contributed by atoms with Crippen molar-refractivity contribution in [3.63, 3.8) is 0 Å². The van der Waals surface area contributed by atoms with Gasteiger partial charge in [-0.2, -0.15) is 0 Å². The summed E-state index contributed by atoms with van der Waals surface area (Å²) in [7, 11) is -25.7. The van der Waals surface area contributed by atoms with Crippen LogP contribution in [0.5, 0.6) is 0 Å². The minimum Gasteiger partial charge on any atom is -0.299 e. The van der Waals surface area contributed by atoms with Crippen LogP contribution in [0, 0.1) is 0 Å². The Kier molecular flexibility index (Phi) is 28.9. The number of hydrogen-bond donors (Lipinski definition) is 10. The summed E-state index contributed by atoms with van der Waals surface area (Å²) in [6, 6.07) is 0. The largest absolute Gasteiger partial charge is 0.507 e. The van der Waals surface area contributed by atoms with Crippen LogP contribution in [0.25, 0.3) is 0 Å². The summed E-state index contributed by atoms with van der Waals surface area (Å²) in [5, 5.41) is 0. The molecule has 0 saturated heterocycles. The van der Waals surface area contributed by atoms with Gasteiger partial charge in [0.05, 0.1) is 0 Å². The van der Waals surface area contributed by atoms with Crippen molar-refractivity contribution < 1.29 is 92.7 Å². The molecule has 0 unspecified atom stereocenters. The molecular formula is H10BaF5O15P5. The maximum absolute atomic E-state index is 10.4. The Morgan fingerprint density at radius 2 is 0.346 bits per heavy atom. The molecule has 162 valence electrons. The van der Waals surface area contributed by atoms with Gasteiger partial charge in [-0.05, 0) is 0 Å². The van der Waals surface area contributed by atoms with E-state index >= 15 is 0 Å². The Morgan fingerprint density at radius 1 is 0.346 bits per heavy atom. The fourth-order valence-electron chi connectivity index (χ4n) is 0. The summed E-state index contributed by atoms with van der Waals surface area (Å²) in [5.74, 6) is 0. The minimum absolute atomic E-state index is 0. The van der Waals surface area contributed by atoms with E-state index in [1.165, 1.54) is 0 Å². The fraction of sp³-hybridized carbons (Fsp3) is 0. The van der Waals surface area contributed by atoms with Crippen LogP contribution in [0.4, 0.5) is 21.0 Å². The first-order chi connectivity index (χ1) is 10.0. The summed E-state index contributed by atoms with van der Waals surface area (Å²) in [6.07, 6.45) is 0. The third-order valence-electron chi connectivity index (χ3n) is 0. The zero-order valence-corrected chi connectivity index (χ0v) is 20.3. The molecule has 0 amide bonds. The van der Waals surface area contributed by atoms with E-state index in [9.17, 15) is 21.0 Å². The van der Waals surface area contributed by atoms with Gasteiger partial charge in [-0.25, -0.2) is 22.8 Å². The van der Waals surface area contributed by atoms with E-state index in [-0.39, 0.29) is 48.9 Å². The molecule has 2 radical (unpaired) electrons. The average molecular weight is 637 g/mol. The van der Waals surface area contributed by atoms with E-state index in [1.807, 2.05) is 0 Å². The van der Waals surface area contributed by atoms with Gasteiger partial charge in [-0.3, -0.25) is 48.9 Å². The second-order valence-electron chi connectivity index (χ2n) is 2.36. The van der Waals surface area contributed by atoms with Crippen molar-refractivity contribution in [3.8, 4) is 0 Å². The molecule has 0 aliphatic carbocycles. The first-order valence-electron chi connectivity index (χ1n) is 3.76. The van der Waals surface area contributed by atoms with Crippen LogP contribution in [0.1, 0.15) is 0 Å². The van der Waals surface area contributed by atoms with Crippen LogP contribution < -0.4 is 0 Å². The van der Waals surface area contributed by atoms with Crippen molar-refractivity contribution in [1.82, 2.24) is 0 Å². The maximum atomic E-state index is 10.4. The van der Waals surface area contributed by atoms with Crippen LogP contribution in [0.15, 0.2) is 0 Å². The van der Waals surface area contributed by atoms with E-state index in [4.69, 9.17) is 71.8 Å². The molecule has 0 fully saturated rings. The van der Waals surface area contributed by atoms with Crippen LogP contribution in [-0.2, 0) is 22.8 Å². The Morgan fingerprint density at radius 3 is 0.346 bits per heavy atom. The molecule has 0 aliphatic heterocycles. The molecule has 0 bridgehead atoms. The Labute approximate surface area is 180 Å². The van der Waals surface area contributed by atoms with Crippen LogP contribution in [0.2, 0.25) is 0 Å². The van der Waals surface area contributed by atoms with Crippen molar-refractivity contribution in [3.05, 3.63) is 0 Å². The molecule has 0 aromatic heterocycles. The van der Waals surface area contributed by atoms with Gasteiger partial charge in [0, 0.05) is 48.9 Å². The Balaban J connectivity index is -0.0000000476. The molecule has 0 saturated carbocycles. The Bertz CT molecular complexity index is 387. The maximum Gasteiger partial charge on any atom is 0.507 e. The summed E-state index contributed by atoms with van der Waals surface area (Å²) < 4.78 is 95.1. The zero-order valence-electron chi connectivity index (χ0n) is 11.3. The minimum atomic E-state index is -5.14. The van der Waals surface area contributed by atoms with E-state index in [0.717, 1.165) is 0 Å². The average Bonchev–Trinajstić information content (AvgIpc) is 1.79. The molecule has 0 heterocycles. The van der Waals surface area contributed by atoms with E-state index in [0.29, 0.717) is 0 Å². The van der Waals surface area contributed by atoms with Crippen molar-refractivity contribution in [2.75, 3.05) is 0 Å². The molecule has 0 rings (SSSR count). The van der Waals surface area contributed by atoms with E-state index in [1.54, 1.807) is 0 Å². The van der Waals surface area contributed by atoms with Gasteiger partial charge in [-0.1, -0.05) is 0 Å². The predicted molar refractivity (Wildman–Crippen MR) is 71.5 cm³/mol. The molecule has 0 aromatic carbocycles.